The van der Waals surface area contributed by atoms with Gasteiger partial charge in [0, 0.05) is 32.0 Å². The second-order valence-electron chi connectivity index (χ2n) is 5.98. The quantitative estimate of drug-likeness (QED) is 0.409. The van der Waals surface area contributed by atoms with Gasteiger partial charge >= 0.3 is 0 Å². The molecule has 24 heavy (non-hydrogen) atoms. The van der Waals surface area contributed by atoms with Crippen molar-refractivity contribution in [1.82, 2.24) is 20.8 Å². The van der Waals surface area contributed by atoms with Gasteiger partial charge in [-0.3, -0.25) is 4.99 Å². The molecule has 0 aliphatic heterocycles. The monoisotopic (exact) mass is 441 g/mol. The summed E-state index contributed by atoms with van der Waals surface area (Å²) < 4.78 is 5.10. The highest BCUT2D eigenvalue weighted by molar-refractivity contribution is 14.0. The zero-order chi connectivity index (χ0) is 16.1. The summed E-state index contributed by atoms with van der Waals surface area (Å²) in [5.41, 5.74) is 1.67. The summed E-state index contributed by atoms with van der Waals surface area (Å²) in [6.07, 6.45) is 3.13. The average Bonchev–Trinajstić information content (AvgIpc) is 3.27. The Kier molecular flexibility index (Phi) is 6.59. The molecule has 3 rings (SSSR count). The molecular formula is C17H24IN5O. The van der Waals surface area contributed by atoms with Crippen LogP contribution in [0.1, 0.15) is 30.1 Å². The van der Waals surface area contributed by atoms with E-state index < -0.39 is 0 Å². The van der Waals surface area contributed by atoms with Crippen LogP contribution in [-0.2, 0) is 11.8 Å². The largest absolute Gasteiger partial charge is 0.356 e. The average molecular weight is 441 g/mol. The molecule has 0 unspecified atom stereocenters. The Labute approximate surface area is 159 Å². The molecule has 7 heteroatoms. The molecule has 1 fully saturated rings. The Balaban J connectivity index is 0.00000208. The molecule has 6 nitrogen and oxygen atoms in total. The van der Waals surface area contributed by atoms with Crippen LogP contribution in [0.25, 0.3) is 0 Å². The van der Waals surface area contributed by atoms with E-state index in [1.807, 2.05) is 6.92 Å². The van der Waals surface area contributed by atoms with Crippen molar-refractivity contribution in [1.29, 1.82) is 0 Å². The maximum Gasteiger partial charge on any atom is 0.228 e. The smallest absolute Gasteiger partial charge is 0.228 e. The van der Waals surface area contributed by atoms with Crippen LogP contribution in [0.4, 0.5) is 0 Å². The van der Waals surface area contributed by atoms with E-state index in [0.717, 1.165) is 12.5 Å². The molecule has 0 amide bonds. The van der Waals surface area contributed by atoms with Crippen LogP contribution in [0.3, 0.4) is 0 Å². The molecule has 1 saturated carbocycles. The van der Waals surface area contributed by atoms with E-state index in [9.17, 15) is 0 Å². The summed E-state index contributed by atoms with van der Waals surface area (Å²) in [6, 6.07) is 10.7. The lowest BCUT2D eigenvalue weighted by Gasteiger charge is -2.18. The van der Waals surface area contributed by atoms with Crippen molar-refractivity contribution in [2.24, 2.45) is 4.99 Å². The van der Waals surface area contributed by atoms with Gasteiger partial charge in [0.05, 0.1) is 0 Å². The Hall–Kier alpha value is -1.64. The van der Waals surface area contributed by atoms with E-state index in [1.165, 1.54) is 18.4 Å². The third-order valence-electron chi connectivity index (χ3n) is 4.26. The maximum atomic E-state index is 5.10. The summed E-state index contributed by atoms with van der Waals surface area (Å²) >= 11 is 0. The zero-order valence-electron chi connectivity index (χ0n) is 14.1. The Morgan fingerprint density at radius 3 is 2.58 bits per heavy atom. The third-order valence-corrected chi connectivity index (χ3v) is 4.26. The summed E-state index contributed by atoms with van der Waals surface area (Å²) in [7, 11) is 1.79. The summed E-state index contributed by atoms with van der Waals surface area (Å²) in [6.45, 7) is 3.43. The van der Waals surface area contributed by atoms with Gasteiger partial charge in [0.25, 0.3) is 0 Å². The number of hydrogen-bond acceptors (Lipinski definition) is 4. The fourth-order valence-corrected chi connectivity index (χ4v) is 2.71. The Bertz CT molecular complexity index is 667. The predicted molar refractivity (Wildman–Crippen MR) is 105 cm³/mol. The molecule has 1 aliphatic rings. The predicted octanol–water partition coefficient (Wildman–Crippen LogP) is 2.44. The lowest BCUT2D eigenvalue weighted by atomic mass is 9.96. The van der Waals surface area contributed by atoms with Crippen molar-refractivity contribution in [3.63, 3.8) is 0 Å². The first-order valence-corrected chi connectivity index (χ1v) is 8.01. The molecule has 0 spiro atoms. The van der Waals surface area contributed by atoms with E-state index in [-0.39, 0.29) is 29.4 Å². The van der Waals surface area contributed by atoms with E-state index >= 15 is 0 Å². The van der Waals surface area contributed by atoms with Crippen molar-refractivity contribution in [2.45, 2.75) is 31.6 Å². The second kappa shape index (κ2) is 8.46. The minimum atomic E-state index is 0. The molecule has 0 saturated heterocycles. The third kappa shape index (κ3) is 4.68. The minimum Gasteiger partial charge on any atom is -0.356 e. The number of nitrogens with one attached hydrogen (secondary N) is 2. The van der Waals surface area contributed by atoms with Crippen LogP contribution in [0.15, 0.2) is 39.8 Å². The number of rotatable bonds is 6. The highest BCUT2D eigenvalue weighted by Crippen LogP contribution is 2.47. The van der Waals surface area contributed by atoms with Gasteiger partial charge in [-0.1, -0.05) is 35.5 Å². The molecule has 1 aromatic heterocycles. The van der Waals surface area contributed by atoms with Gasteiger partial charge in [0.1, 0.15) is 0 Å². The van der Waals surface area contributed by atoms with Gasteiger partial charge in [0.15, 0.2) is 11.8 Å². The van der Waals surface area contributed by atoms with Gasteiger partial charge in [-0.15, -0.1) is 24.0 Å². The van der Waals surface area contributed by atoms with E-state index in [2.05, 4.69) is 56.1 Å². The van der Waals surface area contributed by atoms with Crippen molar-refractivity contribution in [2.75, 3.05) is 20.1 Å². The number of aliphatic imine (C=N–C) groups is 1. The van der Waals surface area contributed by atoms with Gasteiger partial charge in [-0.25, -0.2) is 0 Å². The molecule has 0 radical (unpaired) electrons. The van der Waals surface area contributed by atoms with Crippen molar-refractivity contribution in [3.8, 4) is 0 Å². The van der Waals surface area contributed by atoms with Crippen molar-refractivity contribution >= 4 is 29.9 Å². The highest BCUT2D eigenvalue weighted by atomic mass is 127. The van der Waals surface area contributed by atoms with Gasteiger partial charge in [-0.2, -0.15) is 4.98 Å². The maximum absolute atomic E-state index is 5.10. The van der Waals surface area contributed by atoms with Gasteiger partial charge in [-0.05, 0) is 25.3 Å². The fraction of sp³-hybridized carbons (Fsp3) is 0.471. The highest BCUT2D eigenvalue weighted by Gasteiger charge is 2.43. The van der Waals surface area contributed by atoms with E-state index in [0.29, 0.717) is 24.7 Å². The van der Waals surface area contributed by atoms with Gasteiger partial charge in [0.2, 0.25) is 5.89 Å². The molecule has 1 heterocycles. The number of benzene rings is 1. The molecule has 0 atom stereocenters. The summed E-state index contributed by atoms with van der Waals surface area (Å²) in [5, 5.41) is 10.5. The van der Waals surface area contributed by atoms with Crippen LogP contribution >= 0.6 is 24.0 Å². The second-order valence-corrected chi connectivity index (χ2v) is 5.98. The number of hydrogen-bond donors (Lipinski definition) is 2. The summed E-state index contributed by atoms with van der Waals surface area (Å²) in [5.74, 6) is 2.12. The molecule has 1 aliphatic carbocycles. The first-order valence-electron chi connectivity index (χ1n) is 8.01. The first-order chi connectivity index (χ1) is 11.2. The van der Waals surface area contributed by atoms with E-state index in [4.69, 9.17) is 4.52 Å². The van der Waals surface area contributed by atoms with Crippen LogP contribution in [0.5, 0.6) is 0 Å². The summed E-state index contributed by atoms with van der Waals surface area (Å²) in [4.78, 5) is 8.47. The lowest BCUT2D eigenvalue weighted by molar-refractivity contribution is 0.374. The molecule has 1 aromatic carbocycles. The van der Waals surface area contributed by atoms with Crippen LogP contribution in [-0.4, -0.2) is 36.2 Å². The molecular weight excluding hydrogens is 417 g/mol. The van der Waals surface area contributed by atoms with Crippen LogP contribution < -0.4 is 10.6 Å². The molecule has 0 bridgehead atoms. The number of aryl methyl sites for hydroxylation is 1. The van der Waals surface area contributed by atoms with Crippen LogP contribution in [0.2, 0.25) is 0 Å². The van der Waals surface area contributed by atoms with Crippen LogP contribution in [0, 0.1) is 6.92 Å². The first kappa shape index (κ1) is 18.7. The van der Waals surface area contributed by atoms with Crippen molar-refractivity contribution < 1.29 is 4.52 Å². The normalized spacial score (nSPS) is 15.5. The molecule has 2 N–H and O–H groups in total. The standard InChI is InChI=1S/C17H23N5O.HI/c1-13-21-15(23-22-13)8-11-19-16(18-2)20-12-17(9-10-17)14-6-4-3-5-7-14;/h3-7H,8-12H2,1-2H3,(H2,18,19,20);1H. The number of halogens is 1. The lowest BCUT2D eigenvalue weighted by Crippen LogP contribution is -2.42. The number of aromatic nitrogens is 2. The zero-order valence-corrected chi connectivity index (χ0v) is 16.4. The Morgan fingerprint density at radius 2 is 2.00 bits per heavy atom. The minimum absolute atomic E-state index is 0. The van der Waals surface area contributed by atoms with Gasteiger partial charge < -0.3 is 15.2 Å². The number of guanidine groups is 1. The SMILES string of the molecule is CN=C(NCCc1nc(C)no1)NCC1(c2ccccc2)CC1.I. The topological polar surface area (TPSA) is 75.3 Å². The molecule has 130 valence electrons. The van der Waals surface area contributed by atoms with E-state index in [1.54, 1.807) is 7.05 Å². The Morgan fingerprint density at radius 1 is 1.25 bits per heavy atom. The number of nitrogens with zero attached hydrogens (tertiary/aromatic N) is 3. The fourth-order valence-electron chi connectivity index (χ4n) is 2.71. The molecule has 2 aromatic rings. The van der Waals surface area contributed by atoms with Crippen molar-refractivity contribution in [3.05, 3.63) is 47.6 Å².